The van der Waals surface area contributed by atoms with Gasteiger partial charge in [-0.2, -0.15) is 4.37 Å². The number of pyridine rings is 1. The molecule has 68 heavy (non-hydrogen) atoms. The fourth-order valence-corrected chi connectivity index (χ4v) is 11.4. The zero-order chi connectivity index (χ0) is 48.4. The minimum atomic E-state index is -1.11. The lowest BCUT2D eigenvalue weighted by atomic mass is 9.84. The molecule has 4 aromatic rings. The normalized spacial score (nSPS) is 23.1. The molecule has 4 aliphatic rings. The summed E-state index contributed by atoms with van der Waals surface area (Å²) in [6.07, 6.45) is 6.45. The first-order valence-electron chi connectivity index (χ1n) is 24.1. The van der Waals surface area contributed by atoms with Crippen molar-refractivity contribution in [1.82, 2.24) is 44.5 Å². The smallest absolute Gasteiger partial charge is 0.324 e. The van der Waals surface area contributed by atoms with Gasteiger partial charge in [-0.25, -0.2) is 10.4 Å². The number of ether oxygens (including phenoxy) is 2. The van der Waals surface area contributed by atoms with Crippen LogP contribution in [0.4, 0.5) is 0 Å². The number of fused-ring (bicyclic) bond motifs is 6. The van der Waals surface area contributed by atoms with E-state index in [4.69, 9.17) is 23.8 Å². The van der Waals surface area contributed by atoms with Gasteiger partial charge in [-0.3, -0.25) is 34.0 Å². The van der Waals surface area contributed by atoms with E-state index in [1.807, 2.05) is 26.0 Å². The van der Waals surface area contributed by atoms with Crippen LogP contribution in [0.5, 0.6) is 0 Å². The molecule has 1 saturated carbocycles. The number of carbonyl (C=O) groups excluding carboxylic acids is 5. The maximum atomic E-state index is 14.9. The van der Waals surface area contributed by atoms with E-state index in [2.05, 4.69) is 66.1 Å². The Morgan fingerprint density at radius 3 is 2.63 bits per heavy atom. The number of methoxy groups -OCH3 is 1. The van der Waals surface area contributed by atoms with Gasteiger partial charge in [0.15, 0.2) is 5.82 Å². The summed E-state index contributed by atoms with van der Waals surface area (Å²) >= 11 is 1.17. The average Bonchev–Trinajstić information content (AvgIpc) is 4.17. The van der Waals surface area contributed by atoms with Gasteiger partial charge in [0.05, 0.1) is 30.0 Å². The number of likely N-dealkylation sites (N-methyl/N-ethyl adjacent to an activating group) is 1. The van der Waals surface area contributed by atoms with Crippen LogP contribution in [0, 0.1) is 35.0 Å². The quantitative estimate of drug-likeness (QED) is 0.155. The predicted molar refractivity (Wildman–Crippen MR) is 258 cm³/mol. The van der Waals surface area contributed by atoms with E-state index in [1.54, 1.807) is 37.1 Å². The monoisotopic (exact) mass is 947 g/mol. The fraction of sp³-hybridized carbons (Fsp3) is 0.569. The molecule has 1 aromatic carbocycles. The SMILES string of the molecule is CC#CC(=O)N1C[C@H](C)[C@H](C(=O)N(C)[C@H](C(=O)N[C@H]2Cc3nc(ns3)-c3ccc4c(c3)c(c(-c3cccnc3[C@H](C)OC)n4CC)CC(C)(C)COC(=O)[C@@H]3CCCN(N3)C2=O)C2CCCC2)C1. The zero-order valence-corrected chi connectivity index (χ0v) is 41.4. The Balaban J connectivity index is 1.16. The van der Waals surface area contributed by atoms with Crippen LogP contribution in [-0.4, -0.2) is 122 Å². The van der Waals surface area contributed by atoms with Crippen molar-refractivity contribution in [2.75, 3.05) is 40.4 Å². The number of carbonyl (C=O) groups is 5. The molecule has 17 heteroatoms. The number of esters is 1. The van der Waals surface area contributed by atoms with E-state index in [-0.39, 0.29) is 49.3 Å². The van der Waals surface area contributed by atoms with Crippen molar-refractivity contribution in [3.8, 4) is 34.5 Å². The summed E-state index contributed by atoms with van der Waals surface area (Å²) in [6.45, 7) is 13.6. The summed E-state index contributed by atoms with van der Waals surface area (Å²) in [6, 6.07) is 7.50. The summed E-state index contributed by atoms with van der Waals surface area (Å²) in [5.41, 5.74) is 8.33. The lowest BCUT2D eigenvalue weighted by Gasteiger charge is -2.37. The Hall–Kier alpha value is -5.70. The maximum Gasteiger partial charge on any atom is 0.324 e. The second-order valence-corrected chi connectivity index (χ2v) is 20.6. The molecular weight excluding hydrogens is 883 g/mol. The predicted octanol–water partition coefficient (Wildman–Crippen LogP) is 5.73. The fourth-order valence-electron chi connectivity index (χ4n) is 10.7. The van der Waals surface area contributed by atoms with E-state index in [1.165, 1.54) is 16.5 Å². The number of hydrogen-bond donors (Lipinski definition) is 2. The summed E-state index contributed by atoms with van der Waals surface area (Å²) in [4.78, 5) is 83.6. The molecule has 3 aliphatic heterocycles. The molecule has 2 saturated heterocycles. The highest BCUT2D eigenvalue weighted by molar-refractivity contribution is 7.05. The van der Waals surface area contributed by atoms with Crippen molar-refractivity contribution in [1.29, 1.82) is 0 Å². The Bertz CT molecular complexity index is 2630. The molecule has 3 fully saturated rings. The highest BCUT2D eigenvalue weighted by atomic mass is 32.1. The second kappa shape index (κ2) is 20.5. The average molecular weight is 948 g/mol. The standard InChI is InChI=1S/C51H65N9O7S/c1-9-15-42(61)58-27-30(3)37(28-58)48(63)57(7)44(32-16-11-12-17-32)47(62)53-39-25-41-54-46(56-68-41)33-20-21-40-35(24-33)36(45(59(40)10-2)34-18-13-22-52-43(34)31(4)66-8)26-51(5,6)29-67-50(65)38-19-14-23-60(55-38)49(39)64/h13,18,20-22,24,30-32,37-39,44,55H,10-12,14,16-17,19,23,25-29H2,1-8H3,(H,53,62)/t30-,31-,37+,38-,39-,44-/m0/s1. The number of aryl methyl sites for hydroxylation is 1. The number of hydrazine groups is 1. The number of hydrogen-bond acceptors (Lipinski definition) is 12. The van der Waals surface area contributed by atoms with E-state index in [9.17, 15) is 24.0 Å². The first-order valence-corrected chi connectivity index (χ1v) is 24.9. The van der Waals surface area contributed by atoms with Crippen LogP contribution < -0.4 is 10.7 Å². The van der Waals surface area contributed by atoms with Crippen LogP contribution in [0.15, 0.2) is 36.5 Å². The molecule has 16 nitrogen and oxygen atoms in total. The molecular formula is C51H65N9O7S. The number of aromatic nitrogens is 4. The third-order valence-electron chi connectivity index (χ3n) is 14.4. The molecule has 6 heterocycles. The summed E-state index contributed by atoms with van der Waals surface area (Å²) < 4.78 is 19.1. The molecule has 362 valence electrons. The molecule has 4 amide bonds. The molecule has 8 rings (SSSR count). The first-order chi connectivity index (χ1) is 32.6. The van der Waals surface area contributed by atoms with Crippen LogP contribution in [0.2, 0.25) is 0 Å². The van der Waals surface area contributed by atoms with Crippen LogP contribution in [-0.2, 0) is 52.8 Å². The third-order valence-corrected chi connectivity index (χ3v) is 15.1. The molecule has 1 aliphatic carbocycles. The highest BCUT2D eigenvalue weighted by Gasteiger charge is 2.44. The van der Waals surface area contributed by atoms with Crippen molar-refractivity contribution in [2.45, 2.75) is 124 Å². The topological polar surface area (TPSA) is 181 Å². The Morgan fingerprint density at radius 2 is 1.90 bits per heavy atom. The van der Waals surface area contributed by atoms with Gasteiger partial charge in [0.1, 0.15) is 23.1 Å². The number of likely N-dealkylation sites (tertiary alicyclic amines) is 1. The maximum absolute atomic E-state index is 14.9. The zero-order valence-electron chi connectivity index (χ0n) is 40.6. The highest BCUT2D eigenvalue weighted by Crippen LogP contribution is 2.42. The van der Waals surface area contributed by atoms with Crippen molar-refractivity contribution >= 4 is 52.0 Å². The van der Waals surface area contributed by atoms with E-state index in [0.717, 1.165) is 64.7 Å². The summed E-state index contributed by atoms with van der Waals surface area (Å²) in [5, 5.41) is 6.07. The van der Waals surface area contributed by atoms with Crippen molar-refractivity contribution in [3.05, 3.63) is 52.8 Å². The number of benzene rings is 1. The molecule has 0 spiro atoms. The lowest BCUT2D eigenvalue weighted by Crippen LogP contribution is -2.62. The Morgan fingerprint density at radius 1 is 1.12 bits per heavy atom. The summed E-state index contributed by atoms with van der Waals surface area (Å²) in [5.74, 6) is 3.11. The third kappa shape index (κ3) is 9.91. The minimum Gasteiger partial charge on any atom is -0.464 e. The van der Waals surface area contributed by atoms with Crippen molar-refractivity contribution in [3.63, 3.8) is 0 Å². The summed E-state index contributed by atoms with van der Waals surface area (Å²) in [7, 11) is 3.34. The number of rotatable bonds is 9. The van der Waals surface area contributed by atoms with Crippen LogP contribution in [0.25, 0.3) is 33.5 Å². The van der Waals surface area contributed by atoms with Gasteiger partial charge in [0.25, 0.3) is 11.8 Å². The van der Waals surface area contributed by atoms with Gasteiger partial charge in [0.2, 0.25) is 11.8 Å². The Labute approximate surface area is 403 Å². The van der Waals surface area contributed by atoms with Crippen molar-refractivity contribution < 1.29 is 33.4 Å². The number of nitrogens with zero attached hydrogens (tertiary/aromatic N) is 7. The van der Waals surface area contributed by atoms with E-state index >= 15 is 0 Å². The molecule has 3 aromatic heterocycles. The largest absolute Gasteiger partial charge is 0.464 e. The lowest BCUT2D eigenvalue weighted by molar-refractivity contribution is -0.155. The van der Waals surface area contributed by atoms with Crippen molar-refractivity contribution in [2.24, 2.45) is 23.2 Å². The first kappa shape index (κ1) is 48.7. The van der Waals surface area contributed by atoms with Gasteiger partial charge < -0.3 is 29.2 Å². The molecule has 2 N–H and O–H groups in total. The van der Waals surface area contributed by atoms with Gasteiger partial charge in [0, 0.05) is 80.4 Å². The molecule has 0 radical (unpaired) electrons. The van der Waals surface area contributed by atoms with E-state index in [0.29, 0.717) is 49.7 Å². The second-order valence-electron chi connectivity index (χ2n) is 19.8. The molecule has 6 bridgehead atoms. The Kier molecular flexibility index (Phi) is 14.7. The van der Waals surface area contributed by atoms with Gasteiger partial charge in [-0.05, 0) is 118 Å². The van der Waals surface area contributed by atoms with Crippen LogP contribution in [0.1, 0.15) is 102 Å². The molecule has 0 unspecified atom stereocenters. The van der Waals surface area contributed by atoms with Crippen LogP contribution in [0.3, 0.4) is 0 Å². The van der Waals surface area contributed by atoms with Gasteiger partial charge in [-0.15, -0.1) is 0 Å². The number of nitrogens with one attached hydrogen (secondary N) is 2. The number of cyclic esters (lactones) is 1. The minimum absolute atomic E-state index is 0.0271. The van der Waals surface area contributed by atoms with Gasteiger partial charge >= 0.3 is 5.97 Å². The van der Waals surface area contributed by atoms with E-state index < -0.39 is 47.2 Å². The number of amides is 4. The van der Waals surface area contributed by atoms with Crippen LogP contribution >= 0.6 is 11.5 Å². The van der Waals surface area contributed by atoms with Gasteiger partial charge in [-0.1, -0.05) is 39.5 Å². The molecule has 6 atom stereocenters.